The average Bonchev–Trinajstić information content (AvgIpc) is 3.64. The van der Waals surface area contributed by atoms with Gasteiger partial charge in [-0.25, -0.2) is 4.98 Å². The number of hydrogen-bond acceptors (Lipinski definition) is 7. The zero-order chi connectivity index (χ0) is 34.8. The summed E-state index contributed by atoms with van der Waals surface area (Å²) in [5.41, 5.74) is -1.70. The van der Waals surface area contributed by atoms with Crippen molar-refractivity contribution in [3.63, 3.8) is 0 Å². The molecule has 0 atom stereocenters. The van der Waals surface area contributed by atoms with Crippen LogP contribution in [0.25, 0.3) is 11.3 Å². The smallest absolute Gasteiger partial charge is 0.339 e. The van der Waals surface area contributed by atoms with Gasteiger partial charge >= 0.3 is 12.5 Å². The number of amides is 3. The van der Waals surface area contributed by atoms with Gasteiger partial charge in [0.15, 0.2) is 11.5 Å². The lowest BCUT2D eigenvalue weighted by atomic mass is 9.96. The molecular weight excluding hydrogens is 709 g/mol. The summed E-state index contributed by atoms with van der Waals surface area (Å²) in [5, 5.41) is 9.20. The minimum absolute atomic E-state index is 0. The molecule has 2 aromatic heterocycles. The number of piperidine rings is 1. The molecule has 0 spiro atoms. The highest BCUT2D eigenvalue weighted by atomic mass is 35.5. The molecule has 0 radical (unpaired) electrons. The largest absolute Gasteiger partial charge is 0.522 e. The number of carbonyl (C=O) groups excluding carboxylic acids is 3. The standard InChI is InChI=1S/C29H31ClF6N8O4.ClH/c1-41-22(20-16-44(12-13-48-29(34,35)36)40-23(20)28(31,32)33)15-38-24(41)25(45)39-18-2-3-19(21(30)14-18)27(47)43-10-8-42(9-11-43)26(46)17-4-6-37-7-5-17;/h2-3,14-17,37H,4-13H2,1H3,(H,39,45);1H. The van der Waals surface area contributed by atoms with Crippen molar-refractivity contribution < 1.29 is 45.5 Å². The highest BCUT2D eigenvalue weighted by Crippen LogP contribution is 2.36. The van der Waals surface area contributed by atoms with Gasteiger partial charge < -0.3 is 25.0 Å². The van der Waals surface area contributed by atoms with Crippen molar-refractivity contribution in [3.05, 3.63) is 52.7 Å². The van der Waals surface area contributed by atoms with Gasteiger partial charge in [-0.05, 0) is 44.1 Å². The zero-order valence-electron chi connectivity index (χ0n) is 25.9. The Morgan fingerprint density at radius 2 is 1.69 bits per heavy atom. The van der Waals surface area contributed by atoms with Crippen molar-refractivity contribution in [3.8, 4) is 11.3 Å². The average molecular weight is 742 g/mol. The van der Waals surface area contributed by atoms with Crippen molar-refractivity contribution in [1.29, 1.82) is 0 Å². The summed E-state index contributed by atoms with van der Waals surface area (Å²) in [6.45, 7) is 1.50. The maximum atomic E-state index is 13.8. The monoisotopic (exact) mass is 740 g/mol. The van der Waals surface area contributed by atoms with Gasteiger partial charge in [0.25, 0.3) is 11.8 Å². The summed E-state index contributed by atoms with van der Waals surface area (Å²) in [7, 11) is 1.29. The van der Waals surface area contributed by atoms with E-state index in [1.807, 2.05) is 0 Å². The Balaban J connectivity index is 0.00000541. The molecule has 2 N–H and O–H groups in total. The van der Waals surface area contributed by atoms with Crippen LogP contribution < -0.4 is 10.6 Å². The molecule has 2 aliphatic heterocycles. The van der Waals surface area contributed by atoms with Gasteiger partial charge in [0.1, 0.15) is 0 Å². The Morgan fingerprint density at radius 1 is 1.04 bits per heavy atom. The minimum Gasteiger partial charge on any atom is -0.339 e. The molecule has 0 bridgehead atoms. The number of ether oxygens (including phenoxy) is 1. The highest BCUT2D eigenvalue weighted by Gasteiger charge is 2.39. The van der Waals surface area contributed by atoms with Crippen LogP contribution >= 0.6 is 24.0 Å². The molecule has 20 heteroatoms. The first-order valence-corrected chi connectivity index (χ1v) is 15.3. The summed E-state index contributed by atoms with van der Waals surface area (Å²) >= 11 is 6.42. The van der Waals surface area contributed by atoms with Gasteiger partial charge in [-0.1, -0.05) is 11.6 Å². The Morgan fingerprint density at radius 3 is 2.31 bits per heavy atom. The predicted molar refractivity (Wildman–Crippen MR) is 166 cm³/mol. The van der Waals surface area contributed by atoms with E-state index in [1.54, 1.807) is 9.80 Å². The Bertz CT molecular complexity index is 1660. The van der Waals surface area contributed by atoms with Crippen molar-refractivity contribution in [2.75, 3.05) is 51.2 Å². The number of hydrogen-bond donors (Lipinski definition) is 2. The molecule has 2 fully saturated rings. The van der Waals surface area contributed by atoms with Gasteiger partial charge in [0.2, 0.25) is 5.91 Å². The molecule has 49 heavy (non-hydrogen) atoms. The van der Waals surface area contributed by atoms with E-state index in [0.717, 1.165) is 42.9 Å². The van der Waals surface area contributed by atoms with Crippen molar-refractivity contribution in [2.24, 2.45) is 13.0 Å². The van der Waals surface area contributed by atoms with E-state index in [0.29, 0.717) is 30.9 Å². The van der Waals surface area contributed by atoms with Crippen LogP contribution in [0.5, 0.6) is 0 Å². The molecule has 2 saturated heterocycles. The number of imidazole rings is 1. The number of rotatable bonds is 8. The van der Waals surface area contributed by atoms with Gasteiger partial charge in [-0.2, -0.15) is 18.3 Å². The summed E-state index contributed by atoms with van der Waals surface area (Å²) < 4.78 is 83.5. The van der Waals surface area contributed by atoms with E-state index in [1.165, 1.54) is 25.2 Å². The van der Waals surface area contributed by atoms with Crippen molar-refractivity contribution in [2.45, 2.75) is 31.9 Å². The molecule has 0 unspecified atom stereocenters. The highest BCUT2D eigenvalue weighted by molar-refractivity contribution is 6.34. The number of nitrogens with zero attached hydrogens (tertiary/aromatic N) is 6. The lowest BCUT2D eigenvalue weighted by molar-refractivity contribution is -0.325. The van der Waals surface area contributed by atoms with Crippen LogP contribution in [-0.4, -0.2) is 99.1 Å². The van der Waals surface area contributed by atoms with E-state index in [9.17, 15) is 40.7 Å². The fourth-order valence-electron chi connectivity index (χ4n) is 5.64. The fourth-order valence-corrected chi connectivity index (χ4v) is 5.90. The summed E-state index contributed by atoms with van der Waals surface area (Å²) in [6.07, 6.45) is -6.45. The van der Waals surface area contributed by atoms with Crippen LogP contribution in [0.1, 0.15) is 39.5 Å². The molecular formula is C29H32Cl2F6N8O4. The molecule has 2 aliphatic rings. The fraction of sp³-hybridized carbons (Fsp3) is 0.483. The Kier molecular flexibility index (Phi) is 11.9. The van der Waals surface area contributed by atoms with E-state index >= 15 is 0 Å². The molecule has 268 valence electrons. The van der Waals surface area contributed by atoms with Crippen LogP contribution in [-0.2, 0) is 29.3 Å². The van der Waals surface area contributed by atoms with E-state index < -0.39 is 42.9 Å². The second kappa shape index (κ2) is 15.3. The third-order valence-corrected chi connectivity index (χ3v) is 8.42. The van der Waals surface area contributed by atoms with Gasteiger partial charge in [-0.15, -0.1) is 25.6 Å². The van der Waals surface area contributed by atoms with E-state index in [-0.39, 0.29) is 57.9 Å². The maximum Gasteiger partial charge on any atom is 0.522 e. The van der Waals surface area contributed by atoms with Gasteiger partial charge in [0, 0.05) is 51.0 Å². The number of benzene rings is 1. The normalized spacial score (nSPS) is 16.0. The summed E-state index contributed by atoms with van der Waals surface area (Å²) in [5.74, 6) is -1.36. The SMILES string of the molecule is Cl.Cn1c(-c2cn(CCOC(F)(F)F)nc2C(F)(F)F)cnc1C(=O)Nc1ccc(C(=O)N2CCN(C(=O)C3CCNCC3)CC2)c(Cl)c1. The van der Waals surface area contributed by atoms with Gasteiger partial charge in [0.05, 0.1) is 41.2 Å². The third-order valence-electron chi connectivity index (χ3n) is 8.11. The number of nitrogens with one attached hydrogen (secondary N) is 2. The predicted octanol–water partition coefficient (Wildman–Crippen LogP) is 4.45. The molecule has 0 aliphatic carbocycles. The summed E-state index contributed by atoms with van der Waals surface area (Å²) in [4.78, 5) is 46.5. The third kappa shape index (κ3) is 9.03. The molecule has 3 aromatic rings. The van der Waals surface area contributed by atoms with Crippen molar-refractivity contribution in [1.82, 2.24) is 34.4 Å². The van der Waals surface area contributed by atoms with E-state index in [2.05, 4.69) is 25.5 Å². The van der Waals surface area contributed by atoms with Gasteiger partial charge in [-0.3, -0.25) is 23.8 Å². The Labute approximate surface area is 287 Å². The number of piperazine rings is 1. The number of carbonyl (C=O) groups is 3. The first kappa shape index (κ1) is 37.9. The van der Waals surface area contributed by atoms with Crippen LogP contribution in [0, 0.1) is 5.92 Å². The van der Waals surface area contributed by atoms with Crippen LogP contribution in [0.15, 0.2) is 30.6 Å². The Hall–Kier alpha value is -3.87. The molecule has 12 nitrogen and oxygen atoms in total. The lowest BCUT2D eigenvalue weighted by Gasteiger charge is -2.37. The molecule has 3 amide bonds. The van der Waals surface area contributed by atoms with Crippen LogP contribution in [0.3, 0.4) is 0 Å². The summed E-state index contributed by atoms with van der Waals surface area (Å²) in [6, 6.07) is 4.22. The maximum absolute atomic E-state index is 13.8. The van der Waals surface area contributed by atoms with Crippen LogP contribution in [0.2, 0.25) is 5.02 Å². The first-order valence-electron chi connectivity index (χ1n) is 14.9. The topological polar surface area (TPSA) is 127 Å². The van der Waals surface area contributed by atoms with Crippen molar-refractivity contribution >= 4 is 47.4 Å². The number of alkyl halides is 6. The lowest BCUT2D eigenvalue weighted by Crippen LogP contribution is -2.52. The first-order chi connectivity index (χ1) is 22.6. The van der Waals surface area contributed by atoms with Crippen LogP contribution in [0.4, 0.5) is 32.0 Å². The zero-order valence-corrected chi connectivity index (χ0v) is 27.5. The second-order valence-corrected chi connectivity index (χ2v) is 11.7. The molecule has 0 saturated carbocycles. The number of anilines is 1. The number of aromatic nitrogens is 4. The molecule has 5 rings (SSSR count). The molecule has 4 heterocycles. The minimum atomic E-state index is -4.97. The second-order valence-electron chi connectivity index (χ2n) is 11.3. The van der Waals surface area contributed by atoms with E-state index in [4.69, 9.17) is 11.6 Å². The number of halogens is 8. The quantitative estimate of drug-likeness (QED) is 0.327. The molecule has 1 aromatic carbocycles.